The Bertz CT molecular complexity index is 854. The van der Waals surface area contributed by atoms with Crippen LogP contribution in [-0.4, -0.2) is 64.4 Å². The number of ether oxygens (including phenoxy) is 1. The average molecular weight is 396 g/mol. The normalized spacial score (nSPS) is 14.6. The van der Waals surface area contributed by atoms with Crippen LogP contribution in [0.5, 0.6) is 6.01 Å². The summed E-state index contributed by atoms with van der Waals surface area (Å²) in [5.74, 6) is -0.0686. The molecule has 1 aliphatic rings. The fourth-order valence-electron chi connectivity index (χ4n) is 3.46. The summed E-state index contributed by atoms with van der Waals surface area (Å²) in [5, 5.41) is 0. The van der Waals surface area contributed by atoms with Crippen molar-refractivity contribution in [2.75, 3.05) is 26.7 Å². The Morgan fingerprint density at radius 2 is 1.66 bits per heavy atom. The van der Waals surface area contributed by atoms with Crippen LogP contribution < -0.4 is 4.74 Å². The highest BCUT2D eigenvalue weighted by Crippen LogP contribution is 2.18. The first kappa shape index (κ1) is 20.8. The molecule has 1 aromatic carbocycles. The van der Waals surface area contributed by atoms with E-state index < -0.39 is 0 Å². The molecule has 0 atom stereocenters. The largest absolute Gasteiger partial charge is 0.453 e. The minimum absolute atomic E-state index is 0.0450. The number of carbonyl (C=O) groups excluding carboxylic acids is 2. The van der Waals surface area contributed by atoms with Gasteiger partial charge in [-0.25, -0.2) is 9.97 Å². The third-order valence-corrected chi connectivity index (χ3v) is 5.65. The molecule has 2 amide bonds. The molecule has 29 heavy (non-hydrogen) atoms. The van der Waals surface area contributed by atoms with E-state index in [9.17, 15) is 9.59 Å². The van der Waals surface area contributed by atoms with Crippen molar-refractivity contribution >= 4 is 11.8 Å². The maximum Gasteiger partial charge on any atom is 0.317 e. The van der Waals surface area contributed by atoms with Crippen LogP contribution in [0.25, 0.3) is 0 Å². The van der Waals surface area contributed by atoms with Crippen LogP contribution in [0, 0.1) is 20.8 Å². The lowest BCUT2D eigenvalue weighted by molar-refractivity contribution is -0.135. The van der Waals surface area contributed by atoms with E-state index in [2.05, 4.69) is 9.97 Å². The van der Waals surface area contributed by atoms with Gasteiger partial charge in [-0.3, -0.25) is 9.59 Å². The number of carbonyl (C=O) groups is 2. The van der Waals surface area contributed by atoms with Gasteiger partial charge in [-0.15, -0.1) is 0 Å². The summed E-state index contributed by atoms with van der Waals surface area (Å²) in [6.45, 7) is 6.93. The number of rotatable bonds is 5. The van der Waals surface area contributed by atoms with Gasteiger partial charge in [0.2, 0.25) is 0 Å². The van der Waals surface area contributed by atoms with Gasteiger partial charge in [-0.1, -0.05) is 18.2 Å². The highest BCUT2D eigenvalue weighted by atomic mass is 16.5. The molecule has 0 spiro atoms. The van der Waals surface area contributed by atoms with Crippen LogP contribution in [0.4, 0.5) is 0 Å². The number of aromatic nitrogens is 2. The molecule has 2 heterocycles. The van der Waals surface area contributed by atoms with Gasteiger partial charge in [0.05, 0.1) is 0 Å². The Morgan fingerprint density at radius 1 is 1.07 bits per heavy atom. The van der Waals surface area contributed by atoms with Crippen LogP contribution in [0.15, 0.2) is 30.3 Å². The summed E-state index contributed by atoms with van der Waals surface area (Å²) < 4.78 is 5.54. The molecule has 1 saturated heterocycles. The van der Waals surface area contributed by atoms with Gasteiger partial charge in [0, 0.05) is 43.1 Å². The lowest BCUT2D eigenvalue weighted by atomic mass is 10.0. The lowest BCUT2D eigenvalue weighted by Crippen LogP contribution is -2.48. The quantitative estimate of drug-likeness (QED) is 0.776. The van der Waals surface area contributed by atoms with Crippen LogP contribution in [0.2, 0.25) is 0 Å². The summed E-state index contributed by atoms with van der Waals surface area (Å²) in [4.78, 5) is 37.3. The molecule has 1 aromatic heterocycles. The SMILES string of the molecule is Cc1nc(OCC(=O)N(C)C2CCN(C(=O)c3ccccc3)CC2)nc(C)c1C. The molecule has 1 fully saturated rings. The van der Waals surface area contributed by atoms with E-state index in [1.54, 1.807) is 11.9 Å². The van der Waals surface area contributed by atoms with Crippen molar-refractivity contribution < 1.29 is 14.3 Å². The summed E-state index contributed by atoms with van der Waals surface area (Å²) in [7, 11) is 1.79. The second kappa shape index (κ2) is 9.03. The average Bonchev–Trinajstić information content (AvgIpc) is 2.75. The molecule has 7 heteroatoms. The highest BCUT2D eigenvalue weighted by molar-refractivity contribution is 5.94. The van der Waals surface area contributed by atoms with Gasteiger partial charge >= 0.3 is 6.01 Å². The Morgan fingerprint density at radius 3 is 2.24 bits per heavy atom. The number of likely N-dealkylation sites (tertiary alicyclic amines) is 1. The van der Waals surface area contributed by atoms with Crippen LogP contribution in [0.1, 0.15) is 40.2 Å². The molecular formula is C22H28N4O3. The lowest BCUT2D eigenvalue weighted by Gasteiger charge is -2.36. The Balaban J connectivity index is 1.50. The minimum atomic E-state index is -0.114. The van der Waals surface area contributed by atoms with E-state index in [-0.39, 0.29) is 30.5 Å². The summed E-state index contributed by atoms with van der Waals surface area (Å²) >= 11 is 0. The highest BCUT2D eigenvalue weighted by Gasteiger charge is 2.28. The van der Waals surface area contributed by atoms with Gasteiger partial charge in [-0.05, 0) is 51.3 Å². The van der Waals surface area contributed by atoms with E-state index in [4.69, 9.17) is 4.74 Å². The van der Waals surface area contributed by atoms with Crippen molar-refractivity contribution in [2.45, 2.75) is 39.7 Å². The fraction of sp³-hybridized carbons (Fsp3) is 0.455. The Labute approximate surface area is 171 Å². The van der Waals surface area contributed by atoms with Crippen LogP contribution >= 0.6 is 0 Å². The molecule has 1 aliphatic heterocycles. The number of hydrogen-bond acceptors (Lipinski definition) is 5. The molecule has 7 nitrogen and oxygen atoms in total. The first-order chi connectivity index (χ1) is 13.9. The maximum absolute atomic E-state index is 12.6. The van der Waals surface area contributed by atoms with Crippen molar-refractivity contribution in [1.82, 2.24) is 19.8 Å². The van der Waals surface area contributed by atoms with Gasteiger partial charge in [-0.2, -0.15) is 0 Å². The third kappa shape index (κ3) is 4.91. The molecule has 2 aromatic rings. The van der Waals surface area contributed by atoms with Gasteiger partial charge in [0.15, 0.2) is 6.61 Å². The van der Waals surface area contributed by atoms with E-state index in [1.165, 1.54) is 0 Å². The number of aryl methyl sites for hydroxylation is 2. The molecule has 0 aliphatic carbocycles. The van der Waals surface area contributed by atoms with Crippen LogP contribution in [0.3, 0.4) is 0 Å². The van der Waals surface area contributed by atoms with Crippen molar-refractivity contribution in [1.29, 1.82) is 0 Å². The molecule has 0 N–H and O–H groups in total. The molecule has 0 radical (unpaired) electrons. The van der Waals surface area contributed by atoms with E-state index in [1.807, 2.05) is 56.0 Å². The fourth-order valence-corrected chi connectivity index (χ4v) is 3.46. The second-order valence-electron chi connectivity index (χ2n) is 7.48. The molecule has 0 unspecified atom stereocenters. The zero-order valence-corrected chi connectivity index (χ0v) is 17.5. The number of piperidine rings is 1. The zero-order valence-electron chi connectivity index (χ0n) is 17.5. The summed E-state index contributed by atoms with van der Waals surface area (Å²) in [5.41, 5.74) is 3.43. The van der Waals surface area contributed by atoms with Gasteiger partial charge in [0.25, 0.3) is 11.8 Å². The molecule has 0 bridgehead atoms. The van der Waals surface area contributed by atoms with Gasteiger partial charge in [0.1, 0.15) is 0 Å². The first-order valence-electron chi connectivity index (χ1n) is 9.91. The molecule has 154 valence electrons. The van der Waals surface area contributed by atoms with Crippen molar-refractivity contribution in [3.63, 3.8) is 0 Å². The molecule has 3 rings (SSSR count). The molecule has 0 saturated carbocycles. The summed E-state index contributed by atoms with van der Waals surface area (Å²) in [6.07, 6.45) is 1.50. The summed E-state index contributed by atoms with van der Waals surface area (Å²) in [6, 6.07) is 9.62. The minimum Gasteiger partial charge on any atom is -0.453 e. The number of hydrogen-bond donors (Lipinski definition) is 0. The topological polar surface area (TPSA) is 75.6 Å². The van der Waals surface area contributed by atoms with E-state index in [0.29, 0.717) is 18.7 Å². The third-order valence-electron chi connectivity index (χ3n) is 5.65. The van der Waals surface area contributed by atoms with Gasteiger partial charge < -0.3 is 14.5 Å². The maximum atomic E-state index is 12.6. The van der Waals surface area contributed by atoms with Crippen molar-refractivity contribution in [3.8, 4) is 6.01 Å². The number of amides is 2. The van der Waals surface area contributed by atoms with Crippen molar-refractivity contribution in [3.05, 3.63) is 52.8 Å². The van der Waals surface area contributed by atoms with E-state index in [0.717, 1.165) is 29.8 Å². The zero-order chi connectivity index (χ0) is 21.0. The predicted molar refractivity (Wildman–Crippen MR) is 110 cm³/mol. The molecular weight excluding hydrogens is 368 g/mol. The van der Waals surface area contributed by atoms with Crippen LogP contribution in [-0.2, 0) is 4.79 Å². The second-order valence-corrected chi connectivity index (χ2v) is 7.48. The Hall–Kier alpha value is -2.96. The number of nitrogens with zero attached hydrogens (tertiary/aromatic N) is 4. The number of likely N-dealkylation sites (N-methyl/N-ethyl adjacent to an activating group) is 1. The predicted octanol–water partition coefficient (Wildman–Crippen LogP) is 2.54. The monoisotopic (exact) mass is 396 g/mol. The first-order valence-corrected chi connectivity index (χ1v) is 9.91. The Kier molecular flexibility index (Phi) is 6.46. The smallest absolute Gasteiger partial charge is 0.317 e. The number of benzene rings is 1. The standard InChI is InChI=1S/C22H28N4O3/c1-15-16(2)23-22(24-17(15)3)29-14-20(27)25(4)19-10-12-26(13-11-19)21(28)18-8-6-5-7-9-18/h5-9,19H,10-14H2,1-4H3. The van der Waals surface area contributed by atoms with Crippen molar-refractivity contribution in [2.24, 2.45) is 0 Å². The van der Waals surface area contributed by atoms with E-state index >= 15 is 0 Å².